The first-order valence-corrected chi connectivity index (χ1v) is 11.2. The lowest BCUT2D eigenvalue weighted by Crippen LogP contribution is -2.24. The van der Waals surface area contributed by atoms with Gasteiger partial charge in [-0.25, -0.2) is 15.0 Å². The van der Waals surface area contributed by atoms with E-state index in [0.717, 1.165) is 0 Å². The Morgan fingerprint density at radius 3 is 2.83 bits per heavy atom. The highest BCUT2D eigenvalue weighted by molar-refractivity contribution is 7.53. The number of ether oxygens (including phenoxy) is 2. The average molecular weight is 427 g/mol. The molecule has 0 unspecified atom stereocenters. The minimum absolute atomic E-state index is 0.000701. The SMILES string of the molecule is CC(C)OC(=O)CCC1COP(=O)(COCCn2cnc3c(N)ncnc32)OC1. The summed E-state index contributed by atoms with van der Waals surface area (Å²) in [6.45, 7) is 4.86. The van der Waals surface area contributed by atoms with Crippen molar-refractivity contribution < 1.29 is 27.9 Å². The van der Waals surface area contributed by atoms with Crippen molar-refractivity contribution in [3.8, 4) is 0 Å². The number of fused-ring (bicyclic) bond motifs is 1. The van der Waals surface area contributed by atoms with Crippen molar-refractivity contribution in [3.05, 3.63) is 12.7 Å². The van der Waals surface area contributed by atoms with Gasteiger partial charge < -0.3 is 28.8 Å². The Balaban J connectivity index is 1.37. The largest absolute Gasteiger partial charge is 0.463 e. The fraction of sp³-hybridized carbons (Fsp3) is 0.647. The molecule has 1 saturated heterocycles. The number of nitrogens with two attached hydrogens (primary N) is 1. The number of hydrogen-bond acceptors (Lipinski definition) is 10. The van der Waals surface area contributed by atoms with E-state index in [1.54, 1.807) is 24.7 Å². The molecule has 11 nitrogen and oxygen atoms in total. The van der Waals surface area contributed by atoms with Crippen molar-refractivity contribution in [1.82, 2.24) is 19.5 Å². The van der Waals surface area contributed by atoms with Crippen LogP contribution in [0.15, 0.2) is 12.7 Å². The van der Waals surface area contributed by atoms with Crippen LogP contribution in [0.4, 0.5) is 5.82 Å². The summed E-state index contributed by atoms with van der Waals surface area (Å²) in [7, 11) is -3.29. The van der Waals surface area contributed by atoms with Crippen molar-refractivity contribution in [2.45, 2.75) is 39.3 Å². The van der Waals surface area contributed by atoms with Gasteiger partial charge in [-0.1, -0.05) is 0 Å². The number of rotatable bonds is 9. The second-order valence-corrected chi connectivity index (χ2v) is 9.05. The van der Waals surface area contributed by atoms with Crippen LogP contribution in [-0.2, 0) is 34.4 Å². The van der Waals surface area contributed by atoms with Gasteiger partial charge in [0, 0.05) is 18.9 Å². The maximum atomic E-state index is 12.6. The van der Waals surface area contributed by atoms with Gasteiger partial charge in [0.1, 0.15) is 18.2 Å². The Hall–Kier alpha value is -2.07. The fourth-order valence-corrected chi connectivity index (χ4v) is 4.26. The summed E-state index contributed by atoms with van der Waals surface area (Å²) in [5, 5.41) is 0. The summed E-state index contributed by atoms with van der Waals surface area (Å²) in [5.41, 5.74) is 6.89. The van der Waals surface area contributed by atoms with Gasteiger partial charge in [0.15, 0.2) is 11.5 Å². The molecule has 0 saturated carbocycles. The number of carbonyl (C=O) groups excluding carboxylic acids is 1. The first-order chi connectivity index (χ1) is 13.9. The zero-order valence-electron chi connectivity index (χ0n) is 16.5. The minimum Gasteiger partial charge on any atom is -0.463 e. The second-order valence-electron chi connectivity index (χ2n) is 7.05. The number of aromatic nitrogens is 4. The molecule has 0 atom stereocenters. The predicted octanol–water partition coefficient (Wildman–Crippen LogP) is 1.97. The molecule has 1 fully saturated rings. The average Bonchev–Trinajstić information content (AvgIpc) is 3.09. The molecule has 29 heavy (non-hydrogen) atoms. The number of anilines is 1. The lowest BCUT2D eigenvalue weighted by molar-refractivity contribution is -0.147. The number of nitrogens with zero attached hydrogens (tertiary/aromatic N) is 4. The third-order valence-electron chi connectivity index (χ3n) is 4.29. The van der Waals surface area contributed by atoms with Crippen LogP contribution in [0.2, 0.25) is 0 Å². The van der Waals surface area contributed by atoms with Crippen LogP contribution in [0.25, 0.3) is 11.2 Å². The monoisotopic (exact) mass is 427 g/mol. The van der Waals surface area contributed by atoms with Gasteiger partial charge in [-0.2, -0.15) is 0 Å². The van der Waals surface area contributed by atoms with Crippen molar-refractivity contribution in [1.29, 1.82) is 0 Å². The van der Waals surface area contributed by atoms with E-state index in [0.29, 0.717) is 29.9 Å². The maximum Gasteiger partial charge on any atom is 0.356 e. The van der Waals surface area contributed by atoms with Crippen LogP contribution in [0.3, 0.4) is 0 Å². The Bertz CT molecular complexity index is 876. The number of esters is 1. The standard InChI is InChI=1S/C17H26N5O6P/c1-12(2)28-14(23)4-3-13-7-26-29(24,27-8-13)11-25-6-5-22-10-21-15-16(18)19-9-20-17(15)22/h9-10,12-13H,3-8,11H2,1-2H3,(H2,18,19,20). The van der Waals surface area contributed by atoms with Crippen molar-refractivity contribution in [2.75, 3.05) is 31.9 Å². The van der Waals surface area contributed by atoms with Crippen LogP contribution >= 0.6 is 7.60 Å². The third-order valence-corrected chi connectivity index (χ3v) is 5.88. The maximum absolute atomic E-state index is 12.6. The summed E-state index contributed by atoms with van der Waals surface area (Å²) in [6, 6.07) is 0. The van der Waals surface area contributed by atoms with Gasteiger partial charge >= 0.3 is 13.6 Å². The lowest BCUT2D eigenvalue weighted by Gasteiger charge is -2.28. The highest BCUT2D eigenvalue weighted by Gasteiger charge is 2.33. The highest BCUT2D eigenvalue weighted by Crippen LogP contribution is 2.51. The first-order valence-electron chi connectivity index (χ1n) is 9.43. The molecule has 0 amide bonds. The first kappa shape index (κ1) is 21.6. The predicted molar refractivity (Wildman–Crippen MR) is 104 cm³/mol. The molecule has 160 valence electrons. The van der Waals surface area contributed by atoms with E-state index in [1.165, 1.54) is 6.33 Å². The van der Waals surface area contributed by atoms with Crippen LogP contribution in [0.1, 0.15) is 26.7 Å². The van der Waals surface area contributed by atoms with Crippen molar-refractivity contribution >= 4 is 30.5 Å². The second kappa shape index (κ2) is 9.62. The summed E-state index contributed by atoms with van der Waals surface area (Å²) < 4.78 is 35.8. The summed E-state index contributed by atoms with van der Waals surface area (Å²) in [4.78, 5) is 23.8. The van der Waals surface area contributed by atoms with E-state index in [1.807, 2.05) is 0 Å². The quantitative estimate of drug-likeness (QED) is 0.359. The van der Waals surface area contributed by atoms with E-state index in [9.17, 15) is 9.36 Å². The molecule has 2 aromatic rings. The number of hydrogen-bond donors (Lipinski definition) is 1. The Kier molecular flexibility index (Phi) is 7.18. The molecule has 2 aromatic heterocycles. The van der Waals surface area contributed by atoms with Gasteiger partial charge in [-0.15, -0.1) is 0 Å². The molecule has 0 aliphatic carbocycles. The normalized spacial score (nSPS) is 22.2. The van der Waals surface area contributed by atoms with Crippen molar-refractivity contribution in [3.63, 3.8) is 0 Å². The molecule has 12 heteroatoms. The highest BCUT2D eigenvalue weighted by atomic mass is 31.2. The number of imidazole rings is 1. The summed E-state index contributed by atoms with van der Waals surface area (Å²) in [5.74, 6) is 0.0607. The van der Waals surface area contributed by atoms with Gasteiger partial charge in [-0.3, -0.25) is 9.36 Å². The molecular formula is C17H26N5O6P. The molecule has 0 spiro atoms. The molecule has 3 rings (SSSR count). The van der Waals surface area contributed by atoms with Gasteiger partial charge in [-0.05, 0) is 20.3 Å². The minimum atomic E-state index is -3.29. The molecule has 0 aromatic carbocycles. The molecule has 3 heterocycles. The smallest absolute Gasteiger partial charge is 0.356 e. The number of nitrogen functional groups attached to an aromatic ring is 1. The van der Waals surface area contributed by atoms with E-state index < -0.39 is 7.60 Å². The molecule has 2 N–H and O–H groups in total. The van der Waals surface area contributed by atoms with Crippen LogP contribution in [-0.4, -0.2) is 57.8 Å². The van der Waals surface area contributed by atoms with Crippen LogP contribution < -0.4 is 5.73 Å². The molecule has 0 bridgehead atoms. The fourth-order valence-electron chi connectivity index (χ4n) is 2.81. The molecule has 1 aliphatic rings. The zero-order chi connectivity index (χ0) is 20.9. The third kappa shape index (κ3) is 5.96. The number of carbonyl (C=O) groups is 1. The molecular weight excluding hydrogens is 401 g/mol. The lowest BCUT2D eigenvalue weighted by atomic mass is 10.1. The summed E-state index contributed by atoms with van der Waals surface area (Å²) >= 11 is 0. The van der Waals surface area contributed by atoms with E-state index in [4.69, 9.17) is 24.3 Å². The Morgan fingerprint density at radius 1 is 1.34 bits per heavy atom. The van der Waals surface area contributed by atoms with Gasteiger partial charge in [0.25, 0.3) is 0 Å². The molecule has 1 aliphatic heterocycles. The molecule has 0 radical (unpaired) electrons. The topological polar surface area (TPSA) is 141 Å². The van der Waals surface area contributed by atoms with Crippen molar-refractivity contribution in [2.24, 2.45) is 5.92 Å². The Labute approximate surface area is 168 Å². The van der Waals surface area contributed by atoms with Gasteiger partial charge in [0.05, 0.1) is 32.3 Å². The van der Waals surface area contributed by atoms with E-state index in [2.05, 4.69) is 15.0 Å². The van der Waals surface area contributed by atoms with E-state index in [-0.39, 0.29) is 50.6 Å². The zero-order valence-corrected chi connectivity index (χ0v) is 17.4. The van der Waals surface area contributed by atoms with Crippen LogP contribution in [0, 0.1) is 5.92 Å². The summed E-state index contributed by atoms with van der Waals surface area (Å²) in [6.07, 6.45) is 3.54. The van der Waals surface area contributed by atoms with E-state index >= 15 is 0 Å². The van der Waals surface area contributed by atoms with Crippen LogP contribution in [0.5, 0.6) is 0 Å². The van der Waals surface area contributed by atoms with Gasteiger partial charge in [0.2, 0.25) is 0 Å². The Morgan fingerprint density at radius 2 is 2.10 bits per heavy atom.